The number of carbonyl (C=O) groups is 1. The Hall–Kier alpha value is -2.14. The SMILES string of the molecule is Cc1cc([C@H]2CN(C(=O)c3c(C)oc4c3CCCC4)CCO2)ccn1. The lowest BCUT2D eigenvalue weighted by atomic mass is 9.94. The molecule has 2 aromatic heterocycles. The summed E-state index contributed by atoms with van der Waals surface area (Å²) < 4.78 is 11.8. The van der Waals surface area contributed by atoms with Crippen LogP contribution in [0, 0.1) is 13.8 Å². The molecule has 5 heteroatoms. The first-order chi connectivity index (χ1) is 12.1. The largest absolute Gasteiger partial charge is 0.465 e. The van der Waals surface area contributed by atoms with Gasteiger partial charge >= 0.3 is 0 Å². The van der Waals surface area contributed by atoms with Crippen molar-refractivity contribution < 1.29 is 13.9 Å². The Morgan fingerprint density at radius 2 is 2.12 bits per heavy atom. The molecule has 2 aliphatic rings. The molecule has 1 amide bonds. The third-order valence-corrected chi connectivity index (χ3v) is 5.21. The van der Waals surface area contributed by atoms with Crippen molar-refractivity contribution >= 4 is 5.91 Å². The predicted octanol–water partition coefficient (Wildman–Crippen LogP) is 3.38. The van der Waals surface area contributed by atoms with Crippen LogP contribution in [0.2, 0.25) is 0 Å². The van der Waals surface area contributed by atoms with E-state index in [1.165, 1.54) is 0 Å². The van der Waals surface area contributed by atoms with E-state index in [2.05, 4.69) is 4.98 Å². The summed E-state index contributed by atoms with van der Waals surface area (Å²) in [6.07, 6.45) is 5.88. The Morgan fingerprint density at radius 1 is 1.28 bits per heavy atom. The van der Waals surface area contributed by atoms with Crippen molar-refractivity contribution in [2.45, 2.75) is 45.6 Å². The minimum Gasteiger partial charge on any atom is -0.465 e. The predicted molar refractivity (Wildman–Crippen MR) is 93.7 cm³/mol. The van der Waals surface area contributed by atoms with Gasteiger partial charge in [0.25, 0.3) is 5.91 Å². The van der Waals surface area contributed by atoms with E-state index in [-0.39, 0.29) is 12.0 Å². The second-order valence-electron chi connectivity index (χ2n) is 6.98. The number of morpholine rings is 1. The zero-order chi connectivity index (χ0) is 17.4. The number of furan rings is 1. The highest BCUT2D eigenvalue weighted by Crippen LogP contribution is 2.31. The van der Waals surface area contributed by atoms with Gasteiger partial charge in [0, 0.05) is 30.4 Å². The number of hydrogen-bond donors (Lipinski definition) is 0. The Balaban J connectivity index is 1.57. The summed E-state index contributed by atoms with van der Waals surface area (Å²) in [5.41, 5.74) is 3.97. The van der Waals surface area contributed by atoms with Crippen LogP contribution in [0.25, 0.3) is 0 Å². The minimum atomic E-state index is -0.0950. The summed E-state index contributed by atoms with van der Waals surface area (Å²) >= 11 is 0. The third-order valence-electron chi connectivity index (χ3n) is 5.21. The van der Waals surface area contributed by atoms with Gasteiger partial charge in [0.05, 0.1) is 18.7 Å². The zero-order valence-electron chi connectivity index (χ0n) is 14.9. The molecule has 1 aliphatic carbocycles. The fourth-order valence-corrected chi connectivity index (χ4v) is 3.94. The number of carbonyl (C=O) groups excluding carboxylic acids is 1. The normalized spacial score (nSPS) is 20.4. The summed E-state index contributed by atoms with van der Waals surface area (Å²) in [7, 11) is 0. The molecule has 0 radical (unpaired) electrons. The molecule has 3 heterocycles. The van der Waals surface area contributed by atoms with Gasteiger partial charge in [-0.1, -0.05) is 0 Å². The number of amides is 1. The van der Waals surface area contributed by atoms with Crippen molar-refractivity contribution in [1.82, 2.24) is 9.88 Å². The van der Waals surface area contributed by atoms with Crippen molar-refractivity contribution in [2.75, 3.05) is 19.7 Å². The van der Waals surface area contributed by atoms with Crippen LogP contribution in [0.1, 0.15) is 57.6 Å². The Morgan fingerprint density at radius 3 is 2.96 bits per heavy atom. The van der Waals surface area contributed by atoms with Gasteiger partial charge in [-0.25, -0.2) is 0 Å². The maximum atomic E-state index is 13.2. The molecule has 1 saturated heterocycles. The number of hydrogen-bond acceptors (Lipinski definition) is 4. The maximum absolute atomic E-state index is 13.2. The van der Waals surface area contributed by atoms with Crippen molar-refractivity contribution in [2.24, 2.45) is 0 Å². The topological polar surface area (TPSA) is 55.6 Å². The van der Waals surface area contributed by atoms with E-state index in [0.717, 1.165) is 59.6 Å². The lowest BCUT2D eigenvalue weighted by Crippen LogP contribution is -2.42. The maximum Gasteiger partial charge on any atom is 0.257 e. The van der Waals surface area contributed by atoms with Crippen LogP contribution in [0.5, 0.6) is 0 Å². The summed E-state index contributed by atoms with van der Waals surface area (Å²) in [5, 5.41) is 0. The molecule has 1 fully saturated rings. The lowest BCUT2D eigenvalue weighted by Gasteiger charge is -2.33. The Kier molecular flexibility index (Phi) is 4.34. The van der Waals surface area contributed by atoms with Crippen LogP contribution < -0.4 is 0 Å². The Bertz CT molecular complexity index is 796. The number of aryl methyl sites for hydroxylation is 3. The van der Waals surface area contributed by atoms with E-state index in [0.29, 0.717) is 19.7 Å². The number of pyridine rings is 1. The fraction of sp³-hybridized carbons (Fsp3) is 0.500. The standard InChI is InChI=1S/C20H24N2O3/c1-13-11-15(7-8-21-13)18-12-22(9-10-24-18)20(23)19-14(2)25-17-6-4-3-5-16(17)19/h7-8,11,18H,3-6,9-10,12H2,1-2H3/t18-/m1/s1. The van der Waals surface area contributed by atoms with Crippen LogP contribution in [0.3, 0.4) is 0 Å². The van der Waals surface area contributed by atoms with Gasteiger partial charge in [0.2, 0.25) is 0 Å². The van der Waals surface area contributed by atoms with Crippen LogP contribution in [-0.2, 0) is 17.6 Å². The van der Waals surface area contributed by atoms with Gasteiger partial charge in [-0.05, 0) is 50.8 Å². The highest BCUT2D eigenvalue weighted by Gasteiger charge is 2.31. The van der Waals surface area contributed by atoms with Crippen LogP contribution in [0.4, 0.5) is 0 Å². The number of nitrogens with zero attached hydrogens (tertiary/aromatic N) is 2. The van der Waals surface area contributed by atoms with Crippen molar-refractivity contribution in [3.8, 4) is 0 Å². The molecule has 0 bridgehead atoms. The lowest BCUT2D eigenvalue weighted by molar-refractivity contribution is -0.0229. The summed E-state index contributed by atoms with van der Waals surface area (Å²) in [5.74, 6) is 1.87. The van der Waals surface area contributed by atoms with Gasteiger partial charge in [0.15, 0.2) is 0 Å². The number of aromatic nitrogens is 1. The fourth-order valence-electron chi connectivity index (χ4n) is 3.94. The molecule has 5 nitrogen and oxygen atoms in total. The second kappa shape index (κ2) is 6.64. The molecule has 0 aromatic carbocycles. The molecule has 2 aromatic rings. The zero-order valence-corrected chi connectivity index (χ0v) is 14.9. The average molecular weight is 340 g/mol. The van der Waals surface area contributed by atoms with E-state index < -0.39 is 0 Å². The van der Waals surface area contributed by atoms with Crippen LogP contribution in [-0.4, -0.2) is 35.5 Å². The molecule has 132 valence electrons. The molecule has 0 N–H and O–H groups in total. The second-order valence-corrected chi connectivity index (χ2v) is 6.98. The molecule has 0 unspecified atom stereocenters. The molecular weight excluding hydrogens is 316 g/mol. The van der Waals surface area contributed by atoms with E-state index in [1.807, 2.05) is 30.9 Å². The first-order valence-electron chi connectivity index (χ1n) is 9.08. The monoisotopic (exact) mass is 340 g/mol. The average Bonchev–Trinajstić information content (AvgIpc) is 2.97. The summed E-state index contributed by atoms with van der Waals surface area (Å²) in [6.45, 7) is 5.63. The first kappa shape index (κ1) is 16.3. The quantitative estimate of drug-likeness (QED) is 0.841. The van der Waals surface area contributed by atoms with Gasteiger partial charge in [0.1, 0.15) is 17.6 Å². The highest BCUT2D eigenvalue weighted by molar-refractivity contribution is 5.97. The number of rotatable bonds is 2. The number of ether oxygens (including phenoxy) is 1. The van der Waals surface area contributed by atoms with Crippen LogP contribution in [0.15, 0.2) is 22.7 Å². The Labute approximate surface area is 148 Å². The molecule has 1 aliphatic heterocycles. The first-order valence-corrected chi connectivity index (χ1v) is 9.08. The molecule has 0 spiro atoms. The van der Waals surface area contributed by atoms with Crippen molar-refractivity contribution in [3.05, 3.63) is 52.2 Å². The smallest absolute Gasteiger partial charge is 0.257 e. The van der Waals surface area contributed by atoms with Gasteiger partial charge in [-0.15, -0.1) is 0 Å². The van der Waals surface area contributed by atoms with Crippen LogP contribution >= 0.6 is 0 Å². The third kappa shape index (κ3) is 3.09. The van der Waals surface area contributed by atoms with E-state index in [1.54, 1.807) is 6.20 Å². The van der Waals surface area contributed by atoms with Crippen molar-refractivity contribution in [1.29, 1.82) is 0 Å². The summed E-state index contributed by atoms with van der Waals surface area (Å²) in [6, 6.07) is 4.00. The van der Waals surface area contributed by atoms with E-state index >= 15 is 0 Å². The van der Waals surface area contributed by atoms with Crippen molar-refractivity contribution in [3.63, 3.8) is 0 Å². The molecule has 25 heavy (non-hydrogen) atoms. The molecule has 0 saturated carbocycles. The van der Waals surface area contributed by atoms with E-state index in [4.69, 9.17) is 9.15 Å². The van der Waals surface area contributed by atoms with Gasteiger partial charge < -0.3 is 14.1 Å². The highest BCUT2D eigenvalue weighted by atomic mass is 16.5. The molecule has 1 atom stereocenters. The van der Waals surface area contributed by atoms with Gasteiger partial charge in [-0.3, -0.25) is 9.78 Å². The minimum absolute atomic E-state index is 0.0866. The molecule has 4 rings (SSSR count). The van der Waals surface area contributed by atoms with E-state index in [9.17, 15) is 4.79 Å². The van der Waals surface area contributed by atoms with Gasteiger partial charge in [-0.2, -0.15) is 0 Å². The number of fused-ring (bicyclic) bond motifs is 1. The summed E-state index contributed by atoms with van der Waals surface area (Å²) in [4.78, 5) is 19.3. The molecular formula is C20H24N2O3.